The Balaban J connectivity index is 2.07. The van der Waals surface area contributed by atoms with Crippen LogP contribution in [0.1, 0.15) is 17.3 Å². The summed E-state index contributed by atoms with van der Waals surface area (Å²) >= 11 is 0. The highest BCUT2D eigenvalue weighted by Gasteiger charge is 2.22. The molecule has 8 heteroatoms. The molecule has 25 heavy (non-hydrogen) atoms. The molecule has 0 aromatic heterocycles. The second-order valence-corrected chi connectivity index (χ2v) is 5.05. The fraction of sp³-hybridized carbons (Fsp3) is 0.176. The molecule has 2 aromatic carbocycles. The van der Waals surface area contributed by atoms with Crippen LogP contribution in [0, 0.1) is 10.1 Å². The first-order valence-corrected chi connectivity index (χ1v) is 7.31. The molecule has 1 atom stereocenters. The number of nitro groups is 1. The average Bonchev–Trinajstić information content (AvgIpc) is 2.61. The molecule has 0 saturated carbocycles. The summed E-state index contributed by atoms with van der Waals surface area (Å²) in [6.45, 7) is 1.41. The number of nitro benzene ring substituents is 1. The number of hydrogen-bond donors (Lipinski definition) is 1. The molecule has 0 spiro atoms. The van der Waals surface area contributed by atoms with Crippen LogP contribution >= 0.6 is 0 Å². The van der Waals surface area contributed by atoms with Gasteiger partial charge in [0.2, 0.25) is 0 Å². The first kappa shape index (κ1) is 17.9. The number of methoxy groups -OCH3 is 1. The van der Waals surface area contributed by atoms with E-state index in [1.807, 2.05) is 0 Å². The summed E-state index contributed by atoms with van der Waals surface area (Å²) in [4.78, 5) is 34.5. The number of ether oxygens (including phenoxy) is 2. The standard InChI is InChI=1S/C17H16N2O6/c1-11(16(20)18-13-6-4-3-5-7-13)25-17(21)12-8-9-15(24-2)14(10-12)19(22)23/h3-11H,1-2H3,(H,18,20)/t11-/m0/s1. The monoisotopic (exact) mass is 344 g/mol. The van der Waals surface area contributed by atoms with E-state index in [-0.39, 0.29) is 17.0 Å². The van der Waals surface area contributed by atoms with Crippen molar-refractivity contribution in [3.05, 3.63) is 64.2 Å². The summed E-state index contributed by atoms with van der Waals surface area (Å²) in [7, 11) is 1.29. The van der Waals surface area contributed by atoms with Crippen LogP contribution in [0.15, 0.2) is 48.5 Å². The minimum Gasteiger partial charge on any atom is -0.490 e. The highest BCUT2D eigenvalue weighted by molar-refractivity contribution is 5.97. The quantitative estimate of drug-likeness (QED) is 0.490. The van der Waals surface area contributed by atoms with Gasteiger partial charge in [-0.3, -0.25) is 14.9 Å². The van der Waals surface area contributed by atoms with Crippen LogP contribution in [0.4, 0.5) is 11.4 Å². The number of nitrogens with one attached hydrogen (secondary N) is 1. The van der Waals surface area contributed by atoms with Crippen molar-refractivity contribution in [2.75, 3.05) is 12.4 Å². The predicted molar refractivity (Wildman–Crippen MR) is 89.6 cm³/mol. The highest BCUT2D eigenvalue weighted by atomic mass is 16.6. The Bertz CT molecular complexity index is 791. The smallest absolute Gasteiger partial charge is 0.339 e. The van der Waals surface area contributed by atoms with Crippen molar-refractivity contribution in [1.82, 2.24) is 0 Å². The van der Waals surface area contributed by atoms with Crippen molar-refractivity contribution >= 4 is 23.3 Å². The molecule has 1 amide bonds. The van der Waals surface area contributed by atoms with Crippen molar-refractivity contribution in [3.63, 3.8) is 0 Å². The predicted octanol–water partition coefficient (Wildman–Crippen LogP) is 2.79. The largest absolute Gasteiger partial charge is 0.490 e. The Kier molecular flexibility index (Phi) is 5.67. The third-order valence-electron chi connectivity index (χ3n) is 3.31. The minimum atomic E-state index is -1.08. The number of nitrogens with zero attached hydrogens (tertiary/aromatic N) is 1. The summed E-state index contributed by atoms with van der Waals surface area (Å²) in [5.74, 6) is -1.33. The Morgan fingerprint density at radius 3 is 2.44 bits per heavy atom. The minimum absolute atomic E-state index is 0.0245. The zero-order valence-electron chi connectivity index (χ0n) is 13.6. The third-order valence-corrected chi connectivity index (χ3v) is 3.31. The second kappa shape index (κ2) is 7.91. The lowest BCUT2D eigenvalue weighted by Crippen LogP contribution is -2.30. The average molecular weight is 344 g/mol. The van der Waals surface area contributed by atoms with Gasteiger partial charge in [0.25, 0.3) is 5.91 Å². The number of amides is 1. The number of benzene rings is 2. The Morgan fingerprint density at radius 2 is 1.84 bits per heavy atom. The lowest BCUT2D eigenvalue weighted by atomic mass is 10.2. The summed E-state index contributed by atoms with van der Waals surface area (Å²) in [6, 6.07) is 12.4. The van der Waals surface area contributed by atoms with Crippen LogP contribution in [0.25, 0.3) is 0 Å². The molecule has 0 aliphatic heterocycles. The van der Waals surface area contributed by atoms with Gasteiger partial charge >= 0.3 is 11.7 Å². The number of para-hydroxylation sites is 1. The summed E-state index contributed by atoms with van der Waals surface area (Å²) < 4.78 is 9.93. The van der Waals surface area contributed by atoms with Gasteiger partial charge in [-0.2, -0.15) is 0 Å². The van der Waals surface area contributed by atoms with E-state index in [0.29, 0.717) is 5.69 Å². The van der Waals surface area contributed by atoms with E-state index >= 15 is 0 Å². The van der Waals surface area contributed by atoms with E-state index < -0.39 is 22.9 Å². The maximum atomic E-state index is 12.1. The van der Waals surface area contributed by atoms with Crippen molar-refractivity contribution < 1.29 is 24.0 Å². The van der Waals surface area contributed by atoms with Gasteiger partial charge < -0.3 is 14.8 Å². The molecule has 1 N–H and O–H groups in total. The van der Waals surface area contributed by atoms with E-state index in [4.69, 9.17) is 9.47 Å². The molecule has 0 unspecified atom stereocenters. The SMILES string of the molecule is COc1ccc(C(=O)O[C@@H](C)C(=O)Nc2ccccc2)cc1[N+](=O)[O-]. The fourth-order valence-electron chi connectivity index (χ4n) is 2.01. The van der Waals surface area contributed by atoms with Gasteiger partial charge in [-0.05, 0) is 31.2 Å². The molecule has 0 aliphatic rings. The zero-order chi connectivity index (χ0) is 18.4. The third kappa shape index (κ3) is 4.54. The number of rotatable bonds is 6. The van der Waals surface area contributed by atoms with Crippen molar-refractivity contribution in [2.24, 2.45) is 0 Å². The summed E-state index contributed by atoms with van der Waals surface area (Å²) in [6.07, 6.45) is -1.08. The van der Waals surface area contributed by atoms with Crippen LogP contribution in [-0.4, -0.2) is 30.0 Å². The van der Waals surface area contributed by atoms with Gasteiger partial charge in [-0.1, -0.05) is 18.2 Å². The fourth-order valence-corrected chi connectivity index (χ4v) is 2.01. The molecule has 130 valence electrons. The topological polar surface area (TPSA) is 108 Å². The summed E-state index contributed by atoms with van der Waals surface area (Å²) in [5, 5.41) is 13.6. The van der Waals surface area contributed by atoms with E-state index in [0.717, 1.165) is 6.07 Å². The van der Waals surface area contributed by atoms with Gasteiger partial charge in [0.05, 0.1) is 17.6 Å². The van der Waals surface area contributed by atoms with Gasteiger partial charge in [0.1, 0.15) is 0 Å². The van der Waals surface area contributed by atoms with Crippen LogP contribution < -0.4 is 10.1 Å². The molecule has 0 saturated heterocycles. The molecule has 0 radical (unpaired) electrons. The van der Waals surface area contributed by atoms with E-state index in [1.54, 1.807) is 30.3 Å². The molecule has 0 bridgehead atoms. The molecule has 2 aromatic rings. The Hall–Kier alpha value is -3.42. The zero-order valence-corrected chi connectivity index (χ0v) is 13.6. The lowest BCUT2D eigenvalue weighted by molar-refractivity contribution is -0.385. The maximum absolute atomic E-state index is 12.1. The number of carbonyl (C=O) groups excluding carboxylic acids is 2. The van der Waals surface area contributed by atoms with Crippen molar-refractivity contribution in [3.8, 4) is 5.75 Å². The first-order valence-electron chi connectivity index (χ1n) is 7.31. The van der Waals surface area contributed by atoms with E-state index in [2.05, 4.69) is 5.32 Å². The maximum Gasteiger partial charge on any atom is 0.339 e. The normalized spacial score (nSPS) is 11.3. The Morgan fingerprint density at radius 1 is 1.16 bits per heavy atom. The number of esters is 1. The van der Waals surface area contributed by atoms with Crippen LogP contribution in [-0.2, 0) is 9.53 Å². The molecule has 2 rings (SSSR count). The highest BCUT2D eigenvalue weighted by Crippen LogP contribution is 2.27. The van der Waals surface area contributed by atoms with Gasteiger partial charge in [0, 0.05) is 11.8 Å². The second-order valence-electron chi connectivity index (χ2n) is 5.05. The van der Waals surface area contributed by atoms with E-state index in [1.165, 1.54) is 26.2 Å². The molecule has 8 nitrogen and oxygen atoms in total. The molecular weight excluding hydrogens is 328 g/mol. The summed E-state index contributed by atoms with van der Waals surface area (Å²) in [5.41, 5.74) is 0.153. The molecule has 0 heterocycles. The van der Waals surface area contributed by atoms with Gasteiger partial charge in [0.15, 0.2) is 11.9 Å². The Labute approximate surface area is 143 Å². The number of carbonyl (C=O) groups is 2. The molecular formula is C17H16N2O6. The van der Waals surface area contributed by atoms with Crippen molar-refractivity contribution in [1.29, 1.82) is 0 Å². The lowest BCUT2D eigenvalue weighted by Gasteiger charge is -2.13. The van der Waals surface area contributed by atoms with Crippen LogP contribution in [0.5, 0.6) is 5.75 Å². The van der Waals surface area contributed by atoms with Crippen molar-refractivity contribution in [2.45, 2.75) is 13.0 Å². The van der Waals surface area contributed by atoms with Crippen LogP contribution in [0.2, 0.25) is 0 Å². The first-order chi connectivity index (χ1) is 11.9. The van der Waals surface area contributed by atoms with E-state index in [9.17, 15) is 19.7 Å². The van der Waals surface area contributed by atoms with Gasteiger partial charge in [-0.15, -0.1) is 0 Å². The molecule has 0 aliphatic carbocycles. The number of hydrogen-bond acceptors (Lipinski definition) is 6. The van der Waals surface area contributed by atoms with Crippen LogP contribution in [0.3, 0.4) is 0 Å². The number of anilines is 1. The van der Waals surface area contributed by atoms with Gasteiger partial charge in [-0.25, -0.2) is 4.79 Å². The molecule has 0 fully saturated rings.